The summed E-state index contributed by atoms with van der Waals surface area (Å²) in [6.45, 7) is 5.23. The van der Waals surface area contributed by atoms with Crippen molar-refractivity contribution in [3.63, 3.8) is 0 Å². The van der Waals surface area contributed by atoms with Gasteiger partial charge in [0.1, 0.15) is 0 Å². The average Bonchev–Trinajstić information content (AvgIpc) is 3.21. The summed E-state index contributed by atoms with van der Waals surface area (Å²) in [6, 6.07) is 9.03. The molecule has 0 saturated carbocycles. The van der Waals surface area contributed by atoms with Crippen LogP contribution in [0.3, 0.4) is 0 Å². The summed E-state index contributed by atoms with van der Waals surface area (Å²) < 4.78 is 25.5. The van der Waals surface area contributed by atoms with Crippen molar-refractivity contribution in [3.05, 3.63) is 30.3 Å². The molecule has 122 valence electrons. The van der Waals surface area contributed by atoms with Crippen molar-refractivity contribution in [1.82, 2.24) is 9.80 Å². The highest BCUT2D eigenvalue weighted by molar-refractivity contribution is 7.91. The van der Waals surface area contributed by atoms with E-state index in [0.717, 1.165) is 32.7 Å². The van der Waals surface area contributed by atoms with Gasteiger partial charge in [-0.25, -0.2) is 8.42 Å². The Morgan fingerprint density at radius 2 is 1.50 bits per heavy atom. The minimum atomic E-state index is -3.21. The molecule has 0 aliphatic carbocycles. The lowest BCUT2D eigenvalue weighted by atomic mass is 10.2. The molecule has 0 aromatic heterocycles. The van der Waals surface area contributed by atoms with Crippen LogP contribution in [0.25, 0.3) is 0 Å². The van der Waals surface area contributed by atoms with Crippen LogP contribution in [-0.4, -0.2) is 62.7 Å². The molecule has 0 spiro atoms. The summed E-state index contributed by atoms with van der Waals surface area (Å²) in [5, 5.41) is 0. The molecule has 2 fully saturated rings. The maximum absolute atomic E-state index is 12.7. The monoisotopic (exact) mass is 322 g/mol. The van der Waals surface area contributed by atoms with Crippen LogP contribution in [0.15, 0.2) is 35.2 Å². The zero-order valence-corrected chi connectivity index (χ0v) is 14.0. The first-order valence-corrected chi connectivity index (χ1v) is 10.0. The molecule has 0 radical (unpaired) electrons. The van der Waals surface area contributed by atoms with E-state index < -0.39 is 9.84 Å². The first-order valence-electron chi connectivity index (χ1n) is 8.39. The number of sulfone groups is 1. The van der Waals surface area contributed by atoms with Gasteiger partial charge in [0.05, 0.1) is 10.6 Å². The molecule has 5 heteroatoms. The fourth-order valence-corrected chi connectivity index (χ4v) is 5.21. The van der Waals surface area contributed by atoms with Crippen molar-refractivity contribution in [3.8, 4) is 0 Å². The van der Waals surface area contributed by atoms with E-state index in [9.17, 15) is 8.42 Å². The third kappa shape index (κ3) is 3.89. The first kappa shape index (κ1) is 16.0. The van der Waals surface area contributed by atoms with Crippen molar-refractivity contribution in [2.24, 2.45) is 0 Å². The molecule has 3 rings (SSSR count). The highest BCUT2D eigenvalue weighted by Gasteiger charge is 2.30. The molecule has 0 bridgehead atoms. The summed E-state index contributed by atoms with van der Waals surface area (Å²) in [4.78, 5) is 5.28. The second-order valence-corrected chi connectivity index (χ2v) is 8.53. The van der Waals surface area contributed by atoms with E-state index in [0.29, 0.717) is 4.90 Å². The third-order valence-corrected chi connectivity index (χ3v) is 6.65. The lowest BCUT2D eigenvalue weighted by Crippen LogP contribution is -2.46. The lowest BCUT2D eigenvalue weighted by molar-refractivity contribution is 0.193. The van der Waals surface area contributed by atoms with Crippen LogP contribution in [0.5, 0.6) is 0 Å². The zero-order valence-electron chi connectivity index (χ0n) is 13.2. The summed E-state index contributed by atoms with van der Waals surface area (Å²) in [6.07, 6.45) is 4.89. The van der Waals surface area contributed by atoms with E-state index in [1.54, 1.807) is 24.3 Å². The molecule has 1 atom stereocenters. The Labute approximate surface area is 134 Å². The Bertz CT molecular complexity index is 562. The summed E-state index contributed by atoms with van der Waals surface area (Å²) in [5.74, 6) is 0.244. The van der Waals surface area contributed by atoms with Gasteiger partial charge in [0, 0.05) is 12.6 Å². The Morgan fingerprint density at radius 3 is 2.14 bits per heavy atom. The highest BCUT2D eigenvalue weighted by atomic mass is 32.2. The molecule has 2 saturated heterocycles. The maximum atomic E-state index is 12.7. The quantitative estimate of drug-likeness (QED) is 0.803. The van der Waals surface area contributed by atoms with E-state index in [1.807, 2.05) is 6.07 Å². The van der Waals surface area contributed by atoms with Crippen molar-refractivity contribution >= 4 is 9.84 Å². The van der Waals surface area contributed by atoms with Gasteiger partial charge in [0.25, 0.3) is 0 Å². The van der Waals surface area contributed by atoms with Gasteiger partial charge in [-0.3, -0.25) is 4.90 Å². The van der Waals surface area contributed by atoms with Crippen LogP contribution < -0.4 is 0 Å². The molecule has 2 aliphatic rings. The van der Waals surface area contributed by atoms with Crippen LogP contribution in [0, 0.1) is 0 Å². The number of rotatable bonds is 6. The van der Waals surface area contributed by atoms with E-state index in [-0.39, 0.29) is 11.8 Å². The minimum Gasteiger partial charge on any atom is -0.302 e. The van der Waals surface area contributed by atoms with Gasteiger partial charge >= 0.3 is 0 Å². The minimum absolute atomic E-state index is 0.130. The predicted molar refractivity (Wildman–Crippen MR) is 88.8 cm³/mol. The van der Waals surface area contributed by atoms with Crippen molar-refractivity contribution in [2.45, 2.75) is 36.6 Å². The van der Waals surface area contributed by atoms with E-state index >= 15 is 0 Å². The van der Waals surface area contributed by atoms with Crippen LogP contribution >= 0.6 is 0 Å². The first-order chi connectivity index (χ1) is 10.6. The van der Waals surface area contributed by atoms with Crippen LogP contribution in [0.1, 0.15) is 25.7 Å². The molecule has 0 amide bonds. The van der Waals surface area contributed by atoms with Crippen LogP contribution in [0.2, 0.25) is 0 Å². The van der Waals surface area contributed by atoms with Gasteiger partial charge in [0.15, 0.2) is 9.84 Å². The molecule has 0 unspecified atom stereocenters. The zero-order chi connectivity index (χ0) is 15.4. The molecule has 4 nitrogen and oxygen atoms in total. The number of benzene rings is 1. The van der Waals surface area contributed by atoms with Gasteiger partial charge in [-0.15, -0.1) is 0 Å². The van der Waals surface area contributed by atoms with Gasteiger partial charge in [-0.05, 0) is 64.0 Å². The fourth-order valence-electron chi connectivity index (χ4n) is 3.62. The second kappa shape index (κ2) is 7.11. The molecule has 0 N–H and O–H groups in total. The van der Waals surface area contributed by atoms with Gasteiger partial charge in [-0.1, -0.05) is 18.2 Å². The molecule has 1 aromatic rings. The Hall–Kier alpha value is -0.910. The van der Waals surface area contributed by atoms with Crippen LogP contribution in [0.4, 0.5) is 0 Å². The van der Waals surface area contributed by atoms with Crippen LogP contribution in [-0.2, 0) is 9.84 Å². The highest BCUT2D eigenvalue weighted by Crippen LogP contribution is 2.20. The Kier molecular flexibility index (Phi) is 5.16. The second-order valence-electron chi connectivity index (χ2n) is 6.50. The van der Waals surface area contributed by atoms with E-state index in [1.165, 1.54) is 25.7 Å². The van der Waals surface area contributed by atoms with Gasteiger partial charge < -0.3 is 4.90 Å². The molecular weight excluding hydrogens is 296 g/mol. The third-order valence-electron chi connectivity index (χ3n) is 4.84. The summed E-state index contributed by atoms with van der Waals surface area (Å²) >= 11 is 0. The Morgan fingerprint density at radius 1 is 0.909 bits per heavy atom. The molecule has 1 aromatic carbocycles. The topological polar surface area (TPSA) is 40.6 Å². The number of hydrogen-bond acceptors (Lipinski definition) is 4. The SMILES string of the molecule is O=S(=O)(C[C@@H](CN1CCCC1)N1CCCC1)c1ccccc1. The average molecular weight is 322 g/mol. The lowest BCUT2D eigenvalue weighted by Gasteiger charge is -2.31. The number of nitrogens with zero attached hydrogens (tertiary/aromatic N) is 2. The standard InChI is InChI=1S/C17H26N2O2S/c20-22(21,17-8-2-1-3-9-17)15-16(19-12-6-7-13-19)14-18-10-4-5-11-18/h1-3,8-9,16H,4-7,10-15H2/t16-/m1/s1. The summed E-state index contributed by atoms with van der Waals surface area (Å²) in [5.41, 5.74) is 0. The summed E-state index contributed by atoms with van der Waals surface area (Å²) in [7, 11) is -3.21. The molecule has 2 heterocycles. The number of hydrogen-bond donors (Lipinski definition) is 0. The van der Waals surface area contributed by atoms with E-state index in [2.05, 4.69) is 9.80 Å². The van der Waals surface area contributed by atoms with E-state index in [4.69, 9.17) is 0 Å². The van der Waals surface area contributed by atoms with Gasteiger partial charge in [-0.2, -0.15) is 0 Å². The van der Waals surface area contributed by atoms with Crippen molar-refractivity contribution in [2.75, 3.05) is 38.5 Å². The largest absolute Gasteiger partial charge is 0.302 e. The predicted octanol–water partition coefficient (Wildman–Crippen LogP) is 2.02. The Balaban J connectivity index is 1.73. The fraction of sp³-hybridized carbons (Fsp3) is 0.647. The van der Waals surface area contributed by atoms with Crippen molar-refractivity contribution in [1.29, 1.82) is 0 Å². The van der Waals surface area contributed by atoms with Crippen molar-refractivity contribution < 1.29 is 8.42 Å². The maximum Gasteiger partial charge on any atom is 0.179 e. The molecule has 2 aliphatic heterocycles. The van der Waals surface area contributed by atoms with Gasteiger partial charge in [0.2, 0.25) is 0 Å². The number of likely N-dealkylation sites (tertiary alicyclic amines) is 2. The molecular formula is C17H26N2O2S. The molecule has 22 heavy (non-hydrogen) atoms. The smallest absolute Gasteiger partial charge is 0.179 e. The normalized spacial score (nSPS) is 22.2.